The summed E-state index contributed by atoms with van der Waals surface area (Å²) in [7, 11) is 1.61. The molecule has 4 heteroatoms. The van der Waals surface area contributed by atoms with E-state index in [-0.39, 0.29) is 11.9 Å². The average molecular weight is 234 g/mol. The number of ether oxygens (including phenoxy) is 1. The van der Waals surface area contributed by atoms with Gasteiger partial charge in [0.15, 0.2) is 0 Å². The molecule has 0 N–H and O–H groups in total. The van der Waals surface area contributed by atoms with Crippen LogP contribution in [-0.4, -0.2) is 29.4 Å². The lowest BCUT2D eigenvalue weighted by molar-refractivity contribution is -0.129. The molecule has 2 rings (SSSR count). The highest BCUT2D eigenvalue weighted by Crippen LogP contribution is 2.33. The summed E-state index contributed by atoms with van der Waals surface area (Å²) < 4.78 is 5.10. The zero-order valence-corrected chi connectivity index (χ0v) is 10.6. The van der Waals surface area contributed by atoms with E-state index < -0.39 is 0 Å². The number of likely N-dealkylation sites (tertiary alicyclic amines) is 1. The lowest BCUT2D eigenvalue weighted by Crippen LogP contribution is -2.28. The standard InChI is InChI=1S/C13H18N2O2/c1-9-11(6-7-13(14-9)17-3)12-5-4-8-15(12)10(2)16/h6-7,12H,4-5,8H2,1-3H3/t12-/m1/s1. The van der Waals surface area contributed by atoms with Crippen molar-refractivity contribution >= 4 is 5.91 Å². The highest BCUT2D eigenvalue weighted by molar-refractivity contribution is 5.74. The molecule has 4 nitrogen and oxygen atoms in total. The first kappa shape index (κ1) is 11.9. The fourth-order valence-corrected chi connectivity index (χ4v) is 2.48. The second-order valence-electron chi connectivity index (χ2n) is 4.40. The summed E-state index contributed by atoms with van der Waals surface area (Å²) in [5.41, 5.74) is 2.08. The smallest absolute Gasteiger partial charge is 0.219 e. The van der Waals surface area contributed by atoms with Gasteiger partial charge in [-0.05, 0) is 31.4 Å². The van der Waals surface area contributed by atoms with Gasteiger partial charge >= 0.3 is 0 Å². The maximum absolute atomic E-state index is 11.5. The van der Waals surface area contributed by atoms with Crippen molar-refractivity contribution in [1.29, 1.82) is 0 Å². The second kappa shape index (κ2) is 4.73. The van der Waals surface area contributed by atoms with Crippen LogP contribution in [0, 0.1) is 6.92 Å². The van der Waals surface area contributed by atoms with E-state index in [1.807, 2.05) is 24.0 Å². The number of carbonyl (C=O) groups excluding carboxylic acids is 1. The molecule has 0 aliphatic carbocycles. The topological polar surface area (TPSA) is 42.4 Å². The molecule has 1 saturated heterocycles. The number of methoxy groups -OCH3 is 1. The maximum Gasteiger partial charge on any atom is 0.219 e. The summed E-state index contributed by atoms with van der Waals surface area (Å²) in [6, 6.07) is 4.07. The Balaban J connectivity index is 2.30. The normalized spacial score (nSPS) is 19.5. The van der Waals surface area contributed by atoms with Gasteiger partial charge in [0.1, 0.15) is 0 Å². The van der Waals surface area contributed by atoms with E-state index in [9.17, 15) is 4.79 Å². The van der Waals surface area contributed by atoms with Crippen molar-refractivity contribution in [3.8, 4) is 5.88 Å². The Morgan fingerprint density at radius 3 is 2.88 bits per heavy atom. The Morgan fingerprint density at radius 1 is 1.53 bits per heavy atom. The summed E-state index contributed by atoms with van der Waals surface area (Å²) in [5, 5.41) is 0. The molecular weight excluding hydrogens is 216 g/mol. The molecule has 92 valence electrons. The molecule has 0 spiro atoms. The third kappa shape index (κ3) is 2.25. The first-order valence-electron chi connectivity index (χ1n) is 5.92. The van der Waals surface area contributed by atoms with Crippen LogP contribution >= 0.6 is 0 Å². The molecule has 0 aromatic carbocycles. The predicted octanol–water partition coefficient (Wildman–Crippen LogP) is 2.08. The van der Waals surface area contributed by atoms with Crippen LogP contribution in [0.4, 0.5) is 0 Å². The van der Waals surface area contributed by atoms with Crippen molar-refractivity contribution in [1.82, 2.24) is 9.88 Å². The fourth-order valence-electron chi connectivity index (χ4n) is 2.48. The number of aryl methyl sites for hydroxylation is 1. The highest BCUT2D eigenvalue weighted by atomic mass is 16.5. The molecule has 1 atom stereocenters. The molecule has 1 aromatic rings. The van der Waals surface area contributed by atoms with E-state index in [0.29, 0.717) is 5.88 Å². The molecule has 1 amide bonds. The number of hydrogen-bond donors (Lipinski definition) is 0. The first-order chi connectivity index (χ1) is 8.13. The molecule has 17 heavy (non-hydrogen) atoms. The van der Waals surface area contributed by atoms with Crippen LogP contribution in [-0.2, 0) is 4.79 Å². The van der Waals surface area contributed by atoms with Crippen molar-refractivity contribution in [2.45, 2.75) is 32.7 Å². The molecule has 1 aromatic heterocycles. The Bertz CT molecular complexity index is 431. The molecule has 0 bridgehead atoms. The van der Waals surface area contributed by atoms with Gasteiger partial charge in [-0.1, -0.05) is 0 Å². The zero-order chi connectivity index (χ0) is 12.4. The van der Waals surface area contributed by atoms with Gasteiger partial charge in [0.05, 0.1) is 13.2 Å². The predicted molar refractivity (Wildman–Crippen MR) is 64.9 cm³/mol. The lowest BCUT2D eigenvalue weighted by Gasteiger charge is -2.24. The Labute approximate surface area is 102 Å². The molecule has 0 saturated carbocycles. The number of aromatic nitrogens is 1. The van der Waals surface area contributed by atoms with Gasteiger partial charge in [-0.15, -0.1) is 0 Å². The number of amides is 1. The van der Waals surface area contributed by atoms with Crippen LogP contribution in [0.25, 0.3) is 0 Å². The van der Waals surface area contributed by atoms with Gasteiger partial charge in [0.25, 0.3) is 0 Å². The van der Waals surface area contributed by atoms with Crippen molar-refractivity contribution in [2.75, 3.05) is 13.7 Å². The van der Waals surface area contributed by atoms with E-state index in [2.05, 4.69) is 4.98 Å². The van der Waals surface area contributed by atoms with Crippen molar-refractivity contribution in [3.05, 3.63) is 23.4 Å². The number of hydrogen-bond acceptors (Lipinski definition) is 3. The van der Waals surface area contributed by atoms with E-state index in [1.54, 1.807) is 14.0 Å². The number of rotatable bonds is 2. The highest BCUT2D eigenvalue weighted by Gasteiger charge is 2.29. The quantitative estimate of drug-likeness (QED) is 0.786. The van der Waals surface area contributed by atoms with Crippen LogP contribution in [0.3, 0.4) is 0 Å². The minimum Gasteiger partial charge on any atom is -0.481 e. The summed E-state index contributed by atoms with van der Waals surface area (Å²) in [4.78, 5) is 17.8. The lowest BCUT2D eigenvalue weighted by atomic mass is 10.0. The minimum absolute atomic E-state index is 0.141. The summed E-state index contributed by atoms with van der Waals surface area (Å²) in [5.74, 6) is 0.765. The van der Waals surface area contributed by atoms with Crippen LogP contribution in [0.2, 0.25) is 0 Å². The molecule has 1 aliphatic heterocycles. The van der Waals surface area contributed by atoms with Crippen LogP contribution < -0.4 is 4.74 Å². The molecule has 0 unspecified atom stereocenters. The van der Waals surface area contributed by atoms with Crippen molar-refractivity contribution < 1.29 is 9.53 Å². The third-order valence-corrected chi connectivity index (χ3v) is 3.33. The fraction of sp³-hybridized carbons (Fsp3) is 0.538. The van der Waals surface area contributed by atoms with E-state index in [1.165, 1.54) is 0 Å². The van der Waals surface area contributed by atoms with E-state index >= 15 is 0 Å². The number of nitrogens with zero attached hydrogens (tertiary/aromatic N) is 2. The first-order valence-corrected chi connectivity index (χ1v) is 5.92. The SMILES string of the molecule is COc1ccc([C@H]2CCCN2C(C)=O)c(C)n1. The summed E-state index contributed by atoms with van der Waals surface area (Å²) in [6.07, 6.45) is 2.09. The van der Waals surface area contributed by atoms with E-state index in [0.717, 1.165) is 30.6 Å². The summed E-state index contributed by atoms with van der Waals surface area (Å²) >= 11 is 0. The Kier molecular flexibility index (Phi) is 3.31. The van der Waals surface area contributed by atoms with E-state index in [4.69, 9.17) is 4.74 Å². The summed E-state index contributed by atoms with van der Waals surface area (Å²) in [6.45, 7) is 4.45. The van der Waals surface area contributed by atoms with Crippen LogP contribution in [0.5, 0.6) is 5.88 Å². The van der Waals surface area contributed by atoms with Crippen LogP contribution in [0.15, 0.2) is 12.1 Å². The van der Waals surface area contributed by atoms with Crippen molar-refractivity contribution in [2.24, 2.45) is 0 Å². The van der Waals surface area contributed by atoms with Gasteiger partial charge in [0, 0.05) is 25.2 Å². The van der Waals surface area contributed by atoms with Crippen molar-refractivity contribution in [3.63, 3.8) is 0 Å². The minimum atomic E-state index is 0.141. The largest absolute Gasteiger partial charge is 0.481 e. The molecule has 1 fully saturated rings. The monoisotopic (exact) mass is 234 g/mol. The molecule has 0 radical (unpaired) electrons. The third-order valence-electron chi connectivity index (χ3n) is 3.33. The second-order valence-corrected chi connectivity index (χ2v) is 4.40. The molecular formula is C13H18N2O2. The van der Waals surface area contributed by atoms with Gasteiger partial charge in [-0.3, -0.25) is 4.79 Å². The average Bonchev–Trinajstić information content (AvgIpc) is 2.77. The Morgan fingerprint density at radius 2 is 2.29 bits per heavy atom. The Hall–Kier alpha value is -1.58. The maximum atomic E-state index is 11.5. The van der Waals surface area contributed by atoms with Gasteiger partial charge in [0.2, 0.25) is 11.8 Å². The molecule has 1 aliphatic rings. The molecule has 2 heterocycles. The number of pyridine rings is 1. The number of carbonyl (C=O) groups is 1. The zero-order valence-electron chi connectivity index (χ0n) is 10.6. The van der Waals surface area contributed by atoms with Crippen LogP contribution in [0.1, 0.15) is 37.1 Å². The van der Waals surface area contributed by atoms with Gasteiger partial charge < -0.3 is 9.64 Å². The van der Waals surface area contributed by atoms with Gasteiger partial charge in [-0.25, -0.2) is 4.98 Å². The van der Waals surface area contributed by atoms with Gasteiger partial charge in [-0.2, -0.15) is 0 Å².